The molecular weight excluding hydrogens is 356 g/mol. The zero-order valence-corrected chi connectivity index (χ0v) is 17.8. The molecule has 7 nitrogen and oxygen atoms in total. The second kappa shape index (κ2) is 12.5. The van der Waals surface area contributed by atoms with Crippen molar-refractivity contribution in [2.45, 2.75) is 12.8 Å². The van der Waals surface area contributed by atoms with Crippen LogP contribution >= 0.6 is 0 Å². The van der Waals surface area contributed by atoms with E-state index in [9.17, 15) is 0 Å². The van der Waals surface area contributed by atoms with Crippen LogP contribution in [-0.4, -0.2) is 90.0 Å². The Morgan fingerprint density at radius 1 is 1.14 bits per heavy atom. The lowest BCUT2D eigenvalue weighted by molar-refractivity contribution is 0.120. The lowest BCUT2D eigenvalue weighted by atomic mass is 9.97. The van der Waals surface area contributed by atoms with Crippen molar-refractivity contribution in [3.8, 4) is 11.5 Å². The number of aliphatic imine (C=N–C) groups is 1. The summed E-state index contributed by atoms with van der Waals surface area (Å²) in [5.74, 6) is 3.29. The standard InChI is InChI=1S/C21H36N4O3/c1-22-21(23-17-18-9-11-25(12-10-18)14-15-26-3)24(2)13-16-28-20-7-5-19(27-4)6-8-20/h5-8,18H,9-17H2,1-4H3,(H,22,23). The average molecular weight is 393 g/mol. The highest BCUT2D eigenvalue weighted by Crippen LogP contribution is 2.17. The molecule has 0 spiro atoms. The maximum absolute atomic E-state index is 5.81. The van der Waals surface area contributed by atoms with Crippen LogP contribution in [0.25, 0.3) is 0 Å². The normalized spacial score (nSPS) is 16.1. The Kier molecular flexibility index (Phi) is 9.93. The quantitative estimate of drug-likeness (QED) is 0.485. The van der Waals surface area contributed by atoms with Crippen molar-refractivity contribution in [1.82, 2.24) is 15.1 Å². The van der Waals surface area contributed by atoms with E-state index in [1.54, 1.807) is 14.2 Å². The molecule has 1 N–H and O–H groups in total. The maximum Gasteiger partial charge on any atom is 0.193 e. The summed E-state index contributed by atoms with van der Waals surface area (Å²) >= 11 is 0. The molecule has 0 saturated carbocycles. The van der Waals surface area contributed by atoms with Gasteiger partial charge in [-0.1, -0.05) is 0 Å². The molecule has 0 amide bonds. The number of ether oxygens (including phenoxy) is 3. The summed E-state index contributed by atoms with van der Waals surface area (Å²) in [5, 5.41) is 3.52. The van der Waals surface area contributed by atoms with Gasteiger partial charge in [0, 0.05) is 34.3 Å². The molecule has 0 aliphatic carbocycles. The maximum atomic E-state index is 5.81. The Bertz CT molecular complexity index is 572. The lowest BCUT2D eigenvalue weighted by Gasteiger charge is -2.32. The Hall–Kier alpha value is -1.99. The SMILES string of the molecule is CN=C(NCC1CCN(CCOC)CC1)N(C)CCOc1ccc(OC)cc1. The molecule has 1 heterocycles. The van der Waals surface area contributed by atoms with Gasteiger partial charge in [0.1, 0.15) is 18.1 Å². The number of benzene rings is 1. The van der Waals surface area contributed by atoms with Crippen molar-refractivity contribution in [1.29, 1.82) is 0 Å². The number of likely N-dealkylation sites (N-methyl/N-ethyl adjacent to an activating group) is 1. The minimum Gasteiger partial charge on any atom is -0.497 e. The predicted molar refractivity (Wildman–Crippen MR) is 114 cm³/mol. The van der Waals surface area contributed by atoms with Crippen LogP contribution in [-0.2, 0) is 4.74 Å². The summed E-state index contributed by atoms with van der Waals surface area (Å²) in [6.07, 6.45) is 2.44. The molecule has 1 fully saturated rings. The average Bonchev–Trinajstić information content (AvgIpc) is 2.74. The van der Waals surface area contributed by atoms with Gasteiger partial charge in [-0.3, -0.25) is 4.99 Å². The lowest BCUT2D eigenvalue weighted by Crippen LogP contribution is -2.44. The molecule has 0 bridgehead atoms. The van der Waals surface area contributed by atoms with Gasteiger partial charge in [0.05, 0.1) is 20.3 Å². The second-order valence-corrected chi connectivity index (χ2v) is 7.15. The first kappa shape index (κ1) is 22.3. The molecule has 1 aromatic rings. The van der Waals surface area contributed by atoms with Gasteiger partial charge in [-0.05, 0) is 56.1 Å². The minimum atomic E-state index is 0.599. The number of piperidine rings is 1. The molecule has 1 saturated heterocycles. The molecule has 1 aromatic carbocycles. The van der Waals surface area contributed by atoms with E-state index in [1.807, 2.05) is 38.4 Å². The van der Waals surface area contributed by atoms with Crippen LogP contribution in [0.3, 0.4) is 0 Å². The van der Waals surface area contributed by atoms with E-state index in [0.29, 0.717) is 12.5 Å². The van der Waals surface area contributed by atoms with E-state index in [4.69, 9.17) is 14.2 Å². The zero-order valence-electron chi connectivity index (χ0n) is 17.8. The Labute approximate surface area is 169 Å². The molecule has 1 aliphatic heterocycles. The number of hydrogen-bond donors (Lipinski definition) is 1. The fourth-order valence-electron chi connectivity index (χ4n) is 3.33. The van der Waals surface area contributed by atoms with Gasteiger partial charge >= 0.3 is 0 Å². The zero-order chi connectivity index (χ0) is 20.2. The summed E-state index contributed by atoms with van der Waals surface area (Å²) in [6.45, 7) is 6.49. The first-order valence-corrected chi connectivity index (χ1v) is 10.1. The molecule has 2 rings (SSSR count). The topological polar surface area (TPSA) is 58.6 Å². The number of rotatable bonds is 10. The Morgan fingerprint density at radius 2 is 1.82 bits per heavy atom. The first-order valence-electron chi connectivity index (χ1n) is 10.1. The summed E-state index contributed by atoms with van der Waals surface area (Å²) in [4.78, 5) is 9.00. The number of guanidine groups is 1. The Morgan fingerprint density at radius 3 is 2.43 bits per heavy atom. The molecule has 0 unspecified atom stereocenters. The molecule has 0 atom stereocenters. The third-order valence-electron chi connectivity index (χ3n) is 5.20. The third kappa shape index (κ3) is 7.56. The van der Waals surface area contributed by atoms with Crippen molar-refractivity contribution in [3.05, 3.63) is 24.3 Å². The van der Waals surface area contributed by atoms with Crippen LogP contribution < -0.4 is 14.8 Å². The van der Waals surface area contributed by atoms with Crippen LogP contribution in [0.5, 0.6) is 11.5 Å². The third-order valence-corrected chi connectivity index (χ3v) is 5.20. The molecule has 7 heteroatoms. The molecule has 1 aliphatic rings. The number of likely N-dealkylation sites (tertiary alicyclic amines) is 1. The predicted octanol–water partition coefficient (Wildman–Crippen LogP) is 1.94. The van der Waals surface area contributed by atoms with Crippen molar-refractivity contribution in [3.63, 3.8) is 0 Å². The monoisotopic (exact) mass is 392 g/mol. The van der Waals surface area contributed by atoms with Crippen LogP contribution in [0, 0.1) is 5.92 Å². The van der Waals surface area contributed by atoms with E-state index in [1.165, 1.54) is 12.8 Å². The summed E-state index contributed by atoms with van der Waals surface area (Å²) < 4.78 is 16.1. The van der Waals surface area contributed by atoms with Gasteiger partial charge in [0.15, 0.2) is 5.96 Å². The van der Waals surface area contributed by atoms with Gasteiger partial charge in [-0.2, -0.15) is 0 Å². The smallest absolute Gasteiger partial charge is 0.193 e. The summed E-state index contributed by atoms with van der Waals surface area (Å²) in [6, 6.07) is 7.65. The highest BCUT2D eigenvalue weighted by atomic mass is 16.5. The molecule has 28 heavy (non-hydrogen) atoms. The van der Waals surface area contributed by atoms with Crippen molar-refractivity contribution < 1.29 is 14.2 Å². The molecule has 0 aromatic heterocycles. The van der Waals surface area contributed by atoms with E-state index >= 15 is 0 Å². The van der Waals surface area contributed by atoms with Crippen molar-refractivity contribution in [2.24, 2.45) is 10.9 Å². The Balaban J connectivity index is 1.65. The minimum absolute atomic E-state index is 0.599. The van der Waals surface area contributed by atoms with E-state index in [0.717, 1.165) is 56.8 Å². The van der Waals surface area contributed by atoms with Crippen LogP contribution in [0.2, 0.25) is 0 Å². The van der Waals surface area contributed by atoms with E-state index in [-0.39, 0.29) is 0 Å². The molecule has 158 valence electrons. The number of methoxy groups -OCH3 is 2. The summed E-state index contributed by atoms with van der Waals surface area (Å²) in [5.41, 5.74) is 0. The van der Waals surface area contributed by atoms with E-state index < -0.39 is 0 Å². The van der Waals surface area contributed by atoms with Crippen molar-refractivity contribution >= 4 is 5.96 Å². The van der Waals surface area contributed by atoms with Crippen LogP contribution in [0.15, 0.2) is 29.3 Å². The second-order valence-electron chi connectivity index (χ2n) is 7.15. The number of nitrogens with zero attached hydrogens (tertiary/aromatic N) is 3. The van der Waals surface area contributed by atoms with Crippen LogP contribution in [0.4, 0.5) is 0 Å². The van der Waals surface area contributed by atoms with Gasteiger partial charge in [-0.15, -0.1) is 0 Å². The number of hydrogen-bond acceptors (Lipinski definition) is 5. The van der Waals surface area contributed by atoms with Crippen LogP contribution in [0.1, 0.15) is 12.8 Å². The molecular formula is C21H36N4O3. The fraction of sp³-hybridized carbons (Fsp3) is 0.667. The van der Waals surface area contributed by atoms with Gasteiger partial charge in [-0.25, -0.2) is 0 Å². The van der Waals surface area contributed by atoms with Gasteiger partial charge in [0.2, 0.25) is 0 Å². The largest absolute Gasteiger partial charge is 0.497 e. The van der Waals surface area contributed by atoms with Gasteiger partial charge in [0.25, 0.3) is 0 Å². The fourth-order valence-corrected chi connectivity index (χ4v) is 3.33. The molecule has 0 radical (unpaired) electrons. The van der Waals surface area contributed by atoms with E-state index in [2.05, 4.69) is 20.1 Å². The highest BCUT2D eigenvalue weighted by molar-refractivity contribution is 5.79. The van der Waals surface area contributed by atoms with Crippen molar-refractivity contribution in [2.75, 3.05) is 74.3 Å². The first-order chi connectivity index (χ1) is 13.7. The van der Waals surface area contributed by atoms with Gasteiger partial charge < -0.3 is 29.3 Å². The summed E-state index contributed by atoms with van der Waals surface area (Å²) in [7, 11) is 7.30. The number of nitrogens with one attached hydrogen (secondary N) is 1. The highest BCUT2D eigenvalue weighted by Gasteiger charge is 2.19.